The molecule has 2 N–H and O–H groups in total. The third kappa shape index (κ3) is 2.42. The second-order valence-corrected chi connectivity index (χ2v) is 6.03. The predicted octanol–water partition coefficient (Wildman–Crippen LogP) is 3.54. The summed E-state index contributed by atoms with van der Waals surface area (Å²) in [7, 11) is 0. The van der Waals surface area contributed by atoms with Gasteiger partial charge in [-0.25, -0.2) is 9.07 Å². The summed E-state index contributed by atoms with van der Waals surface area (Å²) in [4.78, 5) is 0. The van der Waals surface area contributed by atoms with Crippen LogP contribution in [0.1, 0.15) is 22.7 Å². The number of aryl methyl sites for hydroxylation is 1. The lowest BCUT2D eigenvalue weighted by Gasteiger charge is -2.24. The van der Waals surface area contributed by atoms with E-state index in [0.717, 1.165) is 5.69 Å². The summed E-state index contributed by atoms with van der Waals surface area (Å²) in [6.45, 7) is 1.84. The van der Waals surface area contributed by atoms with Crippen LogP contribution in [0.15, 0.2) is 66.1 Å². The molecule has 4 rings (SSSR count). The number of halogens is 1. The van der Waals surface area contributed by atoms with Crippen molar-refractivity contribution in [3.8, 4) is 17.6 Å². The Kier molecular flexibility index (Phi) is 3.70. The van der Waals surface area contributed by atoms with E-state index in [2.05, 4.69) is 11.2 Å². The molecule has 2 heterocycles. The van der Waals surface area contributed by atoms with E-state index < -0.39 is 5.92 Å². The molecular weight excluding hydrogens is 331 g/mol. The Hall–Kier alpha value is -3.59. The fourth-order valence-corrected chi connectivity index (χ4v) is 3.28. The molecule has 0 spiro atoms. The van der Waals surface area contributed by atoms with Crippen LogP contribution >= 0.6 is 0 Å². The molecule has 1 aliphatic rings. The first-order valence-corrected chi connectivity index (χ1v) is 8.08. The molecule has 1 aliphatic heterocycles. The molecule has 5 nitrogen and oxygen atoms in total. The number of nitriles is 1. The molecule has 128 valence electrons. The zero-order valence-corrected chi connectivity index (χ0v) is 14.0. The number of nitrogens with zero attached hydrogens (tertiary/aromatic N) is 3. The Morgan fingerprint density at radius 2 is 1.96 bits per heavy atom. The molecule has 6 heteroatoms. The number of hydrogen-bond acceptors (Lipinski definition) is 4. The van der Waals surface area contributed by atoms with Crippen LogP contribution in [0.2, 0.25) is 0 Å². The normalized spacial score (nSPS) is 16.0. The summed E-state index contributed by atoms with van der Waals surface area (Å²) in [6.07, 6.45) is 0. The first-order chi connectivity index (χ1) is 12.6. The molecule has 26 heavy (non-hydrogen) atoms. The van der Waals surface area contributed by atoms with Crippen molar-refractivity contribution < 1.29 is 9.13 Å². The van der Waals surface area contributed by atoms with Crippen molar-refractivity contribution in [1.29, 1.82) is 5.26 Å². The highest BCUT2D eigenvalue weighted by Crippen LogP contribution is 2.44. The number of nitrogens with two attached hydrogens (primary N) is 1. The van der Waals surface area contributed by atoms with E-state index in [4.69, 9.17) is 10.5 Å². The maximum atomic E-state index is 13.8. The van der Waals surface area contributed by atoms with Crippen molar-refractivity contribution in [1.82, 2.24) is 9.78 Å². The number of hydrogen-bond donors (Lipinski definition) is 1. The molecule has 0 bridgehead atoms. The van der Waals surface area contributed by atoms with E-state index in [0.29, 0.717) is 22.7 Å². The molecule has 3 aromatic rings. The molecule has 0 fully saturated rings. The summed E-state index contributed by atoms with van der Waals surface area (Å²) in [5.41, 5.74) is 9.12. The number of rotatable bonds is 2. The number of allylic oxidation sites excluding steroid dienone is 1. The smallest absolute Gasteiger partial charge is 0.229 e. The van der Waals surface area contributed by atoms with Gasteiger partial charge in [0.05, 0.1) is 22.9 Å². The van der Waals surface area contributed by atoms with Crippen molar-refractivity contribution in [3.63, 3.8) is 0 Å². The Morgan fingerprint density at radius 1 is 1.19 bits per heavy atom. The molecule has 0 radical (unpaired) electrons. The van der Waals surface area contributed by atoms with E-state index >= 15 is 0 Å². The zero-order chi connectivity index (χ0) is 18.3. The van der Waals surface area contributed by atoms with E-state index in [-0.39, 0.29) is 17.3 Å². The minimum absolute atomic E-state index is 0.00587. The standard InChI is InChI=1S/C20H15FN4O/c1-12-17-18(13-6-5-7-14(21)10-13)16(11-22)19(23)26-20(17)25(24-12)15-8-3-2-4-9-15/h2-10,18H,23H2,1H3. The molecule has 0 saturated carbocycles. The minimum atomic E-state index is -0.531. The fourth-order valence-electron chi connectivity index (χ4n) is 3.28. The molecule has 0 saturated heterocycles. The van der Waals surface area contributed by atoms with Crippen molar-refractivity contribution in [2.75, 3.05) is 0 Å². The minimum Gasteiger partial charge on any atom is -0.422 e. The third-order valence-electron chi connectivity index (χ3n) is 4.42. The van der Waals surface area contributed by atoms with Crippen LogP contribution in [0, 0.1) is 24.1 Å². The topological polar surface area (TPSA) is 76.9 Å². The van der Waals surface area contributed by atoms with Crippen LogP contribution in [-0.4, -0.2) is 9.78 Å². The van der Waals surface area contributed by atoms with Gasteiger partial charge in [0.1, 0.15) is 17.5 Å². The number of ether oxygens (including phenoxy) is 1. The van der Waals surface area contributed by atoms with Gasteiger partial charge in [-0.2, -0.15) is 10.4 Å². The van der Waals surface area contributed by atoms with Crippen molar-refractivity contribution in [2.45, 2.75) is 12.8 Å². The summed E-state index contributed by atoms with van der Waals surface area (Å²) >= 11 is 0. The predicted molar refractivity (Wildman–Crippen MR) is 94.0 cm³/mol. The van der Waals surface area contributed by atoms with Crippen LogP contribution in [-0.2, 0) is 0 Å². The Balaban J connectivity index is 1.97. The van der Waals surface area contributed by atoms with Gasteiger partial charge in [-0.3, -0.25) is 0 Å². The summed E-state index contributed by atoms with van der Waals surface area (Å²) in [5.74, 6) is -0.456. The fraction of sp³-hybridized carbons (Fsp3) is 0.100. The Morgan fingerprint density at radius 3 is 2.65 bits per heavy atom. The van der Waals surface area contributed by atoms with E-state index in [1.54, 1.807) is 16.8 Å². The van der Waals surface area contributed by atoms with Gasteiger partial charge >= 0.3 is 0 Å². The number of benzene rings is 2. The molecular formula is C20H15FN4O. The van der Waals surface area contributed by atoms with Crippen molar-refractivity contribution in [3.05, 3.63) is 88.7 Å². The summed E-state index contributed by atoms with van der Waals surface area (Å²) < 4.78 is 21.2. The lowest BCUT2D eigenvalue weighted by atomic mass is 9.84. The van der Waals surface area contributed by atoms with Gasteiger partial charge in [0, 0.05) is 0 Å². The van der Waals surface area contributed by atoms with Gasteiger partial charge in [-0.15, -0.1) is 0 Å². The van der Waals surface area contributed by atoms with Gasteiger partial charge in [0.15, 0.2) is 0 Å². The van der Waals surface area contributed by atoms with Crippen LogP contribution < -0.4 is 10.5 Å². The van der Waals surface area contributed by atoms with Crippen LogP contribution in [0.5, 0.6) is 5.88 Å². The van der Waals surface area contributed by atoms with E-state index in [1.807, 2.05) is 37.3 Å². The molecule has 0 amide bonds. The van der Waals surface area contributed by atoms with E-state index in [1.165, 1.54) is 12.1 Å². The summed E-state index contributed by atoms with van der Waals surface area (Å²) in [6, 6.07) is 17.8. The van der Waals surface area contributed by atoms with Crippen molar-refractivity contribution >= 4 is 0 Å². The highest BCUT2D eigenvalue weighted by Gasteiger charge is 2.36. The number of fused-ring (bicyclic) bond motifs is 1. The van der Waals surface area contributed by atoms with E-state index in [9.17, 15) is 9.65 Å². The van der Waals surface area contributed by atoms with Gasteiger partial charge in [0.25, 0.3) is 0 Å². The van der Waals surface area contributed by atoms with Crippen LogP contribution in [0.25, 0.3) is 5.69 Å². The highest BCUT2D eigenvalue weighted by molar-refractivity contribution is 5.57. The number of para-hydroxylation sites is 1. The lowest BCUT2D eigenvalue weighted by Crippen LogP contribution is -2.22. The highest BCUT2D eigenvalue weighted by atomic mass is 19.1. The first-order valence-electron chi connectivity index (χ1n) is 8.08. The monoisotopic (exact) mass is 346 g/mol. The van der Waals surface area contributed by atoms with Crippen molar-refractivity contribution in [2.24, 2.45) is 5.73 Å². The van der Waals surface area contributed by atoms with Crippen LogP contribution in [0.4, 0.5) is 4.39 Å². The SMILES string of the molecule is Cc1nn(-c2ccccc2)c2c1C(c1cccc(F)c1)C(C#N)=C(N)O2. The zero-order valence-electron chi connectivity index (χ0n) is 14.0. The maximum Gasteiger partial charge on any atom is 0.229 e. The molecule has 2 aromatic carbocycles. The lowest BCUT2D eigenvalue weighted by molar-refractivity contribution is 0.367. The number of aromatic nitrogens is 2. The second-order valence-electron chi connectivity index (χ2n) is 6.03. The van der Waals surface area contributed by atoms with Crippen LogP contribution in [0.3, 0.4) is 0 Å². The average Bonchev–Trinajstić information content (AvgIpc) is 2.97. The van der Waals surface area contributed by atoms with Gasteiger partial charge in [-0.05, 0) is 36.8 Å². The second kappa shape index (κ2) is 6.05. The summed E-state index contributed by atoms with van der Waals surface area (Å²) in [5, 5.41) is 14.2. The van der Waals surface area contributed by atoms with Gasteiger partial charge in [0.2, 0.25) is 11.8 Å². The maximum absolute atomic E-state index is 13.8. The first kappa shape index (κ1) is 15.9. The Labute approximate surface area is 149 Å². The van der Waals surface area contributed by atoms with Gasteiger partial charge in [-0.1, -0.05) is 30.3 Å². The quantitative estimate of drug-likeness (QED) is 0.770. The largest absolute Gasteiger partial charge is 0.422 e. The average molecular weight is 346 g/mol. The third-order valence-corrected chi connectivity index (χ3v) is 4.42. The molecule has 1 aromatic heterocycles. The Bertz CT molecular complexity index is 1060. The van der Waals surface area contributed by atoms with Gasteiger partial charge < -0.3 is 10.5 Å². The molecule has 1 atom stereocenters. The molecule has 1 unspecified atom stereocenters. The molecule has 0 aliphatic carbocycles.